The summed E-state index contributed by atoms with van der Waals surface area (Å²) in [6.45, 7) is 4.07. The number of nitrogens with zero attached hydrogens (tertiary/aromatic N) is 2. The van der Waals surface area contributed by atoms with Crippen LogP contribution in [0, 0.1) is 0 Å². The van der Waals surface area contributed by atoms with E-state index in [1.165, 1.54) is 0 Å². The molecule has 2 N–H and O–H groups in total. The molecular weight excluding hydrogens is 352 g/mol. The molecule has 2 aromatic carbocycles. The Morgan fingerprint density at radius 2 is 1.96 bits per heavy atom. The SMILES string of the molecule is CCC(=O)N1CCC(NC(=NC)NCc2cccc(Oc3ccccc3)c2)C1. The summed E-state index contributed by atoms with van der Waals surface area (Å²) in [6, 6.07) is 18.0. The molecule has 1 unspecified atom stereocenters. The first-order chi connectivity index (χ1) is 13.7. The lowest BCUT2D eigenvalue weighted by atomic mass is 10.2. The topological polar surface area (TPSA) is 66.0 Å². The van der Waals surface area contributed by atoms with Crippen molar-refractivity contribution in [2.75, 3.05) is 20.1 Å². The van der Waals surface area contributed by atoms with Crippen LogP contribution in [-0.2, 0) is 11.3 Å². The van der Waals surface area contributed by atoms with Crippen LogP contribution in [0.3, 0.4) is 0 Å². The number of likely N-dealkylation sites (tertiary alicyclic amines) is 1. The molecule has 1 atom stereocenters. The highest BCUT2D eigenvalue weighted by Crippen LogP contribution is 2.21. The molecular formula is C22H28N4O2. The minimum atomic E-state index is 0.211. The molecule has 1 heterocycles. The number of nitrogens with one attached hydrogen (secondary N) is 2. The standard InChI is InChI=1S/C22H28N4O2/c1-3-21(27)26-13-12-18(16-26)25-22(23-2)24-15-17-8-7-11-20(14-17)28-19-9-5-4-6-10-19/h4-11,14,18H,3,12-13,15-16H2,1-2H3,(H2,23,24,25). The number of benzene rings is 2. The van der Waals surface area contributed by atoms with Gasteiger partial charge < -0.3 is 20.3 Å². The Morgan fingerprint density at radius 3 is 2.71 bits per heavy atom. The summed E-state index contributed by atoms with van der Waals surface area (Å²) in [7, 11) is 1.76. The minimum Gasteiger partial charge on any atom is -0.457 e. The highest BCUT2D eigenvalue weighted by atomic mass is 16.5. The fourth-order valence-corrected chi connectivity index (χ4v) is 3.25. The highest BCUT2D eigenvalue weighted by molar-refractivity contribution is 5.80. The van der Waals surface area contributed by atoms with Crippen molar-refractivity contribution >= 4 is 11.9 Å². The quantitative estimate of drug-likeness (QED) is 0.597. The zero-order valence-corrected chi connectivity index (χ0v) is 16.5. The van der Waals surface area contributed by atoms with E-state index in [1.54, 1.807) is 7.05 Å². The van der Waals surface area contributed by atoms with Gasteiger partial charge in [-0.25, -0.2) is 0 Å². The van der Waals surface area contributed by atoms with Crippen LogP contribution in [-0.4, -0.2) is 42.9 Å². The third kappa shape index (κ3) is 5.49. The summed E-state index contributed by atoms with van der Waals surface area (Å²) >= 11 is 0. The fourth-order valence-electron chi connectivity index (χ4n) is 3.25. The van der Waals surface area contributed by atoms with Crippen LogP contribution in [0.1, 0.15) is 25.3 Å². The Morgan fingerprint density at radius 1 is 1.18 bits per heavy atom. The van der Waals surface area contributed by atoms with E-state index in [2.05, 4.69) is 21.7 Å². The van der Waals surface area contributed by atoms with Gasteiger partial charge in [-0.05, 0) is 36.2 Å². The van der Waals surface area contributed by atoms with Gasteiger partial charge in [0.1, 0.15) is 11.5 Å². The summed E-state index contributed by atoms with van der Waals surface area (Å²) in [5.41, 5.74) is 1.10. The van der Waals surface area contributed by atoms with Gasteiger partial charge in [0.2, 0.25) is 5.91 Å². The summed E-state index contributed by atoms with van der Waals surface area (Å²) in [5.74, 6) is 2.57. The average Bonchev–Trinajstić information content (AvgIpc) is 3.20. The van der Waals surface area contributed by atoms with Crippen molar-refractivity contribution in [3.63, 3.8) is 0 Å². The van der Waals surface area contributed by atoms with Gasteiger partial charge in [-0.1, -0.05) is 37.3 Å². The Labute approximate surface area is 166 Å². The number of guanidine groups is 1. The molecule has 6 nitrogen and oxygen atoms in total. The van der Waals surface area contributed by atoms with Crippen molar-refractivity contribution in [2.24, 2.45) is 4.99 Å². The van der Waals surface area contributed by atoms with Crippen molar-refractivity contribution < 1.29 is 9.53 Å². The number of rotatable bonds is 6. The predicted molar refractivity (Wildman–Crippen MR) is 112 cm³/mol. The van der Waals surface area contributed by atoms with E-state index in [4.69, 9.17) is 4.74 Å². The number of hydrogen-bond donors (Lipinski definition) is 2. The van der Waals surface area contributed by atoms with Crippen LogP contribution in [0.4, 0.5) is 0 Å². The van der Waals surface area contributed by atoms with E-state index >= 15 is 0 Å². The Bertz CT molecular complexity index is 807. The van der Waals surface area contributed by atoms with E-state index < -0.39 is 0 Å². The number of amides is 1. The summed E-state index contributed by atoms with van der Waals surface area (Å²) in [4.78, 5) is 18.0. The van der Waals surface area contributed by atoms with Crippen molar-refractivity contribution in [1.82, 2.24) is 15.5 Å². The van der Waals surface area contributed by atoms with Crippen molar-refractivity contribution in [2.45, 2.75) is 32.4 Å². The Kier molecular flexibility index (Phi) is 6.89. The lowest BCUT2D eigenvalue weighted by Crippen LogP contribution is -2.44. The normalized spacial score (nSPS) is 16.7. The monoisotopic (exact) mass is 380 g/mol. The molecule has 3 rings (SSSR count). The van der Waals surface area contributed by atoms with Gasteiger partial charge in [-0.3, -0.25) is 9.79 Å². The maximum atomic E-state index is 11.8. The van der Waals surface area contributed by atoms with Crippen LogP contribution in [0.5, 0.6) is 11.5 Å². The number of hydrogen-bond acceptors (Lipinski definition) is 3. The van der Waals surface area contributed by atoms with E-state index in [0.717, 1.165) is 42.5 Å². The lowest BCUT2D eigenvalue weighted by molar-refractivity contribution is -0.129. The first-order valence-electron chi connectivity index (χ1n) is 9.74. The van der Waals surface area contributed by atoms with Gasteiger partial charge in [-0.15, -0.1) is 0 Å². The zero-order chi connectivity index (χ0) is 19.8. The van der Waals surface area contributed by atoms with Crippen LogP contribution in [0.25, 0.3) is 0 Å². The second kappa shape index (κ2) is 9.78. The minimum absolute atomic E-state index is 0.211. The first-order valence-corrected chi connectivity index (χ1v) is 9.74. The van der Waals surface area contributed by atoms with Gasteiger partial charge in [-0.2, -0.15) is 0 Å². The molecule has 2 aromatic rings. The number of carbonyl (C=O) groups excluding carboxylic acids is 1. The number of aliphatic imine (C=N–C) groups is 1. The Balaban J connectivity index is 1.51. The maximum absolute atomic E-state index is 11.8. The number of para-hydroxylation sites is 1. The third-order valence-electron chi connectivity index (χ3n) is 4.75. The van der Waals surface area contributed by atoms with Crippen LogP contribution in [0.15, 0.2) is 59.6 Å². The molecule has 0 spiro atoms. The molecule has 0 saturated carbocycles. The average molecular weight is 380 g/mol. The highest BCUT2D eigenvalue weighted by Gasteiger charge is 2.25. The third-order valence-corrected chi connectivity index (χ3v) is 4.75. The molecule has 0 radical (unpaired) electrons. The van der Waals surface area contributed by atoms with E-state index in [0.29, 0.717) is 13.0 Å². The second-order valence-corrected chi connectivity index (χ2v) is 6.81. The molecule has 1 aliphatic heterocycles. The van der Waals surface area contributed by atoms with Gasteiger partial charge in [0.25, 0.3) is 0 Å². The Hall–Kier alpha value is -3.02. The summed E-state index contributed by atoms with van der Waals surface area (Å²) in [6.07, 6.45) is 1.49. The molecule has 28 heavy (non-hydrogen) atoms. The van der Waals surface area contributed by atoms with Gasteiger partial charge >= 0.3 is 0 Å². The predicted octanol–water partition coefficient (Wildman–Crippen LogP) is 3.15. The van der Waals surface area contributed by atoms with E-state index in [1.807, 2.05) is 60.4 Å². The fraction of sp³-hybridized carbons (Fsp3) is 0.364. The molecule has 148 valence electrons. The molecule has 0 aromatic heterocycles. The lowest BCUT2D eigenvalue weighted by Gasteiger charge is -2.19. The summed E-state index contributed by atoms with van der Waals surface area (Å²) < 4.78 is 5.89. The van der Waals surface area contributed by atoms with E-state index in [9.17, 15) is 4.79 Å². The zero-order valence-electron chi connectivity index (χ0n) is 16.5. The second-order valence-electron chi connectivity index (χ2n) is 6.81. The number of carbonyl (C=O) groups is 1. The molecule has 1 aliphatic rings. The summed E-state index contributed by atoms with van der Waals surface area (Å²) in [5, 5.41) is 6.75. The van der Waals surface area contributed by atoms with Gasteiger partial charge in [0.05, 0.1) is 0 Å². The first kappa shape index (κ1) is 19.7. The van der Waals surface area contributed by atoms with Crippen molar-refractivity contribution in [3.05, 3.63) is 60.2 Å². The van der Waals surface area contributed by atoms with Crippen LogP contribution >= 0.6 is 0 Å². The molecule has 1 fully saturated rings. The van der Waals surface area contributed by atoms with Gasteiger partial charge in [0, 0.05) is 39.1 Å². The molecule has 0 aliphatic carbocycles. The smallest absolute Gasteiger partial charge is 0.222 e. The van der Waals surface area contributed by atoms with Crippen LogP contribution < -0.4 is 15.4 Å². The van der Waals surface area contributed by atoms with Crippen LogP contribution in [0.2, 0.25) is 0 Å². The maximum Gasteiger partial charge on any atom is 0.222 e. The largest absolute Gasteiger partial charge is 0.457 e. The molecule has 1 amide bonds. The molecule has 1 saturated heterocycles. The molecule has 0 bridgehead atoms. The van der Waals surface area contributed by atoms with Crippen molar-refractivity contribution in [3.8, 4) is 11.5 Å². The van der Waals surface area contributed by atoms with Gasteiger partial charge in [0.15, 0.2) is 5.96 Å². The number of ether oxygens (including phenoxy) is 1. The van der Waals surface area contributed by atoms with E-state index in [-0.39, 0.29) is 11.9 Å². The molecule has 6 heteroatoms. The van der Waals surface area contributed by atoms with Crippen molar-refractivity contribution in [1.29, 1.82) is 0 Å².